The number of allylic oxidation sites excluding steroid dienone is 2. The number of fused-ring (bicyclic) bond motifs is 1. The fourth-order valence-corrected chi connectivity index (χ4v) is 6.93. The van der Waals surface area contributed by atoms with Crippen molar-refractivity contribution in [2.45, 2.75) is 126 Å². The van der Waals surface area contributed by atoms with Crippen LogP contribution in [0.3, 0.4) is 0 Å². The van der Waals surface area contributed by atoms with Crippen LogP contribution in [0.4, 0.5) is 0 Å². The van der Waals surface area contributed by atoms with Crippen LogP contribution in [0, 0.1) is 0 Å². The molecule has 4 heterocycles. The minimum absolute atomic E-state index is 0.0169. The summed E-state index contributed by atoms with van der Waals surface area (Å²) >= 11 is 0. The number of rotatable bonds is 11. The third-order valence-corrected chi connectivity index (χ3v) is 10.4. The van der Waals surface area contributed by atoms with Crippen molar-refractivity contribution >= 4 is 11.0 Å². The molecule has 0 unspecified atom stereocenters. The van der Waals surface area contributed by atoms with Gasteiger partial charge in [0, 0.05) is 17.2 Å². The van der Waals surface area contributed by atoms with E-state index in [4.69, 9.17) is 37.6 Å². The Kier molecular flexibility index (Phi) is 13.3. The van der Waals surface area contributed by atoms with Crippen molar-refractivity contribution in [2.75, 3.05) is 13.7 Å². The van der Waals surface area contributed by atoms with Crippen LogP contribution >= 0.6 is 0 Å². The smallest absolute Gasteiger partial charge is 0.239 e. The summed E-state index contributed by atoms with van der Waals surface area (Å²) in [6.07, 6.45) is -22.2. The van der Waals surface area contributed by atoms with E-state index in [0.717, 1.165) is 11.6 Å². The molecule has 3 fully saturated rings. The molecule has 0 bridgehead atoms. The maximum Gasteiger partial charge on any atom is 0.239 e. The number of methoxy groups -OCH3 is 1. The first-order valence-corrected chi connectivity index (χ1v) is 18.6. The number of aliphatic hydroxyl groups excluding tert-OH is 9. The number of phenolic OH excluding ortho intramolecular Hbond substituents is 1. The first-order valence-electron chi connectivity index (χ1n) is 18.6. The number of phenols is 1. The maximum absolute atomic E-state index is 14.7. The average Bonchev–Trinajstić information content (AvgIpc) is 3.20. The van der Waals surface area contributed by atoms with E-state index in [1.54, 1.807) is 18.2 Å². The van der Waals surface area contributed by atoms with Gasteiger partial charge in [-0.05, 0) is 58.4 Å². The van der Waals surface area contributed by atoms with Gasteiger partial charge >= 0.3 is 0 Å². The third kappa shape index (κ3) is 8.41. The maximum atomic E-state index is 14.7. The van der Waals surface area contributed by atoms with Gasteiger partial charge in [0.05, 0.1) is 25.9 Å². The van der Waals surface area contributed by atoms with Gasteiger partial charge in [0.2, 0.25) is 23.8 Å². The molecule has 3 aromatic rings. The van der Waals surface area contributed by atoms with Gasteiger partial charge in [0.15, 0.2) is 18.2 Å². The lowest BCUT2D eigenvalue weighted by Crippen LogP contribution is -2.63. The molecule has 15 atom stereocenters. The Bertz CT molecular complexity index is 1980. The largest absolute Gasteiger partial charge is 0.507 e. The summed E-state index contributed by atoms with van der Waals surface area (Å²) in [5, 5.41) is 106. The van der Waals surface area contributed by atoms with E-state index in [1.807, 2.05) is 13.8 Å². The van der Waals surface area contributed by atoms with Crippen molar-refractivity contribution in [1.82, 2.24) is 0 Å². The molecule has 1 aromatic heterocycles. The minimum atomic E-state index is -1.83. The van der Waals surface area contributed by atoms with Crippen molar-refractivity contribution in [2.24, 2.45) is 0 Å². The van der Waals surface area contributed by atoms with Crippen LogP contribution in [0.15, 0.2) is 51.2 Å². The van der Waals surface area contributed by atoms with Crippen LogP contribution in [-0.2, 0) is 25.4 Å². The van der Waals surface area contributed by atoms with Crippen molar-refractivity contribution in [1.29, 1.82) is 0 Å². The molecule has 10 N–H and O–H groups in total. The summed E-state index contributed by atoms with van der Waals surface area (Å²) in [5.41, 5.74) is 0.0592. The molecule has 0 spiro atoms. The van der Waals surface area contributed by atoms with E-state index in [1.165, 1.54) is 33.1 Å². The normalized spacial score (nSPS) is 35.4. The van der Waals surface area contributed by atoms with Gasteiger partial charge in [-0.1, -0.05) is 11.6 Å². The fraction of sp³-hybridized carbons (Fsp3) is 0.564. The summed E-state index contributed by atoms with van der Waals surface area (Å²) in [6, 6.07) is 7.27. The average molecular weight is 823 g/mol. The summed E-state index contributed by atoms with van der Waals surface area (Å²) in [4.78, 5) is 14.7. The first-order chi connectivity index (χ1) is 27.5. The molecule has 320 valence electrons. The molecular weight excluding hydrogens is 772 g/mol. The van der Waals surface area contributed by atoms with Crippen LogP contribution < -0.4 is 19.6 Å². The Balaban J connectivity index is 1.50. The van der Waals surface area contributed by atoms with Gasteiger partial charge in [-0.3, -0.25) is 4.79 Å². The van der Waals surface area contributed by atoms with E-state index in [9.17, 15) is 55.9 Å². The zero-order valence-electron chi connectivity index (χ0n) is 32.2. The van der Waals surface area contributed by atoms with Crippen LogP contribution in [0.25, 0.3) is 22.3 Å². The van der Waals surface area contributed by atoms with Crippen LogP contribution in [0.2, 0.25) is 0 Å². The quantitative estimate of drug-likeness (QED) is 0.103. The SMILES string of the molecule is COc1ccc(-c2oc3c(CC=C(C)C)c(O[C@@H]4O[C@H](CO)[C@@H](O)[C@H](O)[C@H]4O)cc(O)c3c(=O)c2O[C@@H]2O[C@@H](C)[C@H](O)[C@@H](O)[C@H]2O[C@@H]2O[C@H](C)[C@@H](O)[C@H](O)[C@H]2O)cc1. The van der Waals surface area contributed by atoms with Crippen molar-refractivity contribution in [3.63, 3.8) is 0 Å². The Labute approximate surface area is 331 Å². The zero-order chi connectivity index (χ0) is 42.3. The van der Waals surface area contributed by atoms with Gasteiger partial charge in [0.1, 0.15) is 83.2 Å². The monoisotopic (exact) mass is 822 g/mol. The van der Waals surface area contributed by atoms with Crippen LogP contribution in [-0.4, -0.2) is 157 Å². The number of aliphatic hydroxyl groups is 9. The third-order valence-electron chi connectivity index (χ3n) is 10.4. The fourth-order valence-electron chi connectivity index (χ4n) is 6.93. The highest BCUT2D eigenvalue weighted by Gasteiger charge is 2.51. The second kappa shape index (κ2) is 17.7. The van der Waals surface area contributed by atoms with Gasteiger partial charge in [-0.25, -0.2) is 0 Å². The summed E-state index contributed by atoms with van der Waals surface area (Å²) in [6.45, 7) is 5.71. The van der Waals surface area contributed by atoms with Crippen molar-refractivity contribution in [3.8, 4) is 34.3 Å². The molecule has 0 radical (unpaired) electrons. The molecule has 2 aromatic carbocycles. The first kappa shape index (κ1) is 43.6. The number of aromatic hydroxyl groups is 1. The van der Waals surface area contributed by atoms with Crippen molar-refractivity contribution < 1.29 is 88.6 Å². The highest BCUT2D eigenvalue weighted by Crippen LogP contribution is 2.42. The second-order valence-electron chi connectivity index (χ2n) is 14.8. The molecular formula is C39H50O19. The van der Waals surface area contributed by atoms with E-state index in [0.29, 0.717) is 5.75 Å². The van der Waals surface area contributed by atoms with Gasteiger partial charge < -0.3 is 88.6 Å². The molecule has 3 saturated heterocycles. The molecule has 58 heavy (non-hydrogen) atoms. The van der Waals surface area contributed by atoms with Gasteiger partial charge in [-0.15, -0.1) is 0 Å². The molecule has 0 amide bonds. The predicted molar refractivity (Wildman–Crippen MR) is 198 cm³/mol. The Morgan fingerprint density at radius 3 is 1.98 bits per heavy atom. The number of hydrogen-bond donors (Lipinski definition) is 10. The molecule has 0 saturated carbocycles. The van der Waals surface area contributed by atoms with Gasteiger partial charge in [-0.2, -0.15) is 0 Å². The van der Waals surface area contributed by atoms with E-state index in [2.05, 4.69) is 0 Å². The Hall–Kier alpha value is -3.93. The van der Waals surface area contributed by atoms with Crippen molar-refractivity contribution in [3.05, 3.63) is 57.8 Å². The summed E-state index contributed by atoms with van der Waals surface area (Å²) in [5.74, 6) is -1.22. The Morgan fingerprint density at radius 1 is 0.759 bits per heavy atom. The molecule has 3 aliphatic heterocycles. The number of benzene rings is 2. The van der Waals surface area contributed by atoms with Crippen LogP contribution in [0.5, 0.6) is 23.0 Å². The Morgan fingerprint density at radius 2 is 1.36 bits per heavy atom. The second-order valence-corrected chi connectivity index (χ2v) is 14.8. The molecule has 6 rings (SSSR count). The van der Waals surface area contributed by atoms with Gasteiger partial charge in [0.25, 0.3) is 0 Å². The standard InChI is InChI=1S/C39H50O19/c1-14(2)6-11-19-21(54-38-32(50)29(47)26(44)22(13-40)55-38)12-20(41)23-27(45)35(33(56-34(19)23)17-7-9-18(51-5)10-8-17)57-39-36(30(48)25(43)16(4)53-39)58-37-31(49)28(46)24(42)15(3)52-37/h6-10,12,15-16,22,24-26,28-32,36-44,46-50H,11,13H2,1-5H3/t15-,16+,22-,24-,25+,26-,28+,29+,30-,31-,32-,36-,37+,38-,39+/m1/s1. The number of ether oxygens (including phenoxy) is 7. The van der Waals surface area contributed by atoms with Crippen LogP contribution in [0.1, 0.15) is 33.3 Å². The molecule has 19 heteroatoms. The highest BCUT2D eigenvalue weighted by molar-refractivity contribution is 5.91. The molecule has 3 aliphatic rings. The minimum Gasteiger partial charge on any atom is -0.507 e. The lowest BCUT2D eigenvalue weighted by molar-refractivity contribution is -0.352. The topological polar surface area (TPSA) is 297 Å². The predicted octanol–water partition coefficient (Wildman–Crippen LogP) is -1.08. The highest BCUT2D eigenvalue weighted by atomic mass is 16.8. The summed E-state index contributed by atoms with van der Waals surface area (Å²) < 4.78 is 46.9. The molecule has 19 nitrogen and oxygen atoms in total. The van der Waals surface area contributed by atoms with E-state index in [-0.39, 0.29) is 34.6 Å². The lowest BCUT2D eigenvalue weighted by atomic mass is 9.98. The van der Waals surface area contributed by atoms with E-state index < -0.39 is 121 Å². The number of hydrogen-bond acceptors (Lipinski definition) is 19. The summed E-state index contributed by atoms with van der Waals surface area (Å²) in [7, 11) is 1.45. The lowest BCUT2D eigenvalue weighted by Gasteiger charge is -2.45. The molecule has 0 aliphatic carbocycles. The van der Waals surface area contributed by atoms with E-state index >= 15 is 0 Å². The zero-order valence-corrected chi connectivity index (χ0v) is 32.2.